The monoisotopic (exact) mass is 288 g/mol. The highest BCUT2D eigenvalue weighted by Crippen LogP contribution is 2.44. The van der Waals surface area contributed by atoms with E-state index in [1.54, 1.807) is 0 Å². The van der Waals surface area contributed by atoms with Crippen molar-refractivity contribution in [2.24, 2.45) is 17.3 Å². The highest BCUT2D eigenvalue weighted by molar-refractivity contribution is 5.74. The van der Waals surface area contributed by atoms with Crippen LogP contribution in [0, 0.1) is 17.3 Å². The zero-order chi connectivity index (χ0) is 15.3. The topological polar surface area (TPSA) is 37.3 Å². The summed E-state index contributed by atoms with van der Waals surface area (Å²) in [6.45, 7) is 4.52. The Morgan fingerprint density at radius 2 is 1.86 bits per heavy atom. The molecule has 0 radical (unpaired) electrons. The van der Waals surface area contributed by atoms with E-state index in [0.717, 1.165) is 44.9 Å². The molecule has 2 heteroatoms. The van der Waals surface area contributed by atoms with Crippen LogP contribution in [0.1, 0.15) is 57.9 Å². The van der Waals surface area contributed by atoms with Crippen molar-refractivity contribution in [2.45, 2.75) is 58.8 Å². The second kappa shape index (κ2) is 7.11. The molecule has 1 aliphatic carbocycles. The van der Waals surface area contributed by atoms with E-state index < -0.39 is 11.4 Å². The molecule has 1 aliphatic rings. The van der Waals surface area contributed by atoms with Crippen LogP contribution in [-0.4, -0.2) is 11.1 Å². The SMILES string of the molecule is CC(C)C1CCC(CCCc2ccccc2)(C(=O)O)CC1. The van der Waals surface area contributed by atoms with Gasteiger partial charge in [-0.15, -0.1) is 0 Å². The van der Waals surface area contributed by atoms with Crippen molar-refractivity contribution in [3.63, 3.8) is 0 Å². The van der Waals surface area contributed by atoms with Crippen molar-refractivity contribution < 1.29 is 9.90 Å². The van der Waals surface area contributed by atoms with Gasteiger partial charge in [0.1, 0.15) is 0 Å². The van der Waals surface area contributed by atoms with Gasteiger partial charge in [-0.05, 0) is 62.3 Å². The summed E-state index contributed by atoms with van der Waals surface area (Å²) < 4.78 is 0. The van der Waals surface area contributed by atoms with E-state index in [2.05, 4.69) is 38.1 Å². The zero-order valence-electron chi connectivity index (χ0n) is 13.3. The van der Waals surface area contributed by atoms with Crippen LogP contribution in [0.5, 0.6) is 0 Å². The van der Waals surface area contributed by atoms with Crippen LogP contribution >= 0.6 is 0 Å². The lowest BCUT2D eigenvalue weighted by atomic mass is 9.66. The fourth-order valence-corrected chi connectivity index (χ4v) is 3.71. The van der Waals surface area contributed by atoms with E-state index in [1.165, 1.54) is 5.56 Å². The standard InChI is InChI=1S/C19H28O2/c1-15(2)17-10-13-19(14-11-17,18(20)21)12-6-9-16-7-4-3-5-8-16/h3-5,7-8,15,17H,6,9-14H2,1-2H3,(H,20,21). The maximum Gasteiger partial charge on any atom is 0.309 e. The molecule has 0 amide bonds. The molecule has 0 bridgehead atoms. The van der Waals surface area contributed by atoms with Gasteiger partial charge in [-0.25, -0.2) is 0 Å². The van der Waals surface area contributed by atoms with Gasteiger partial charge in [0.05, 0.1) is 5.41 Å². The summed E-state index contributed by atoms with van der Waals surface area (Å²) in [6.07, 6.45) is 6.67. The van der Waals surface area contributed by atoms with E-state index >= 15 is 0 Å². The van der Waals surface area contributed by atoms with Gasteiger partial charge in [-0.2, -0.15) is 0 Å². The van der Waals surface area contributed by atoms with E-state index in [4.69, 9.17) is 0 Å². The molecule has 0 heterocycles. The van der Waals surface area contributed by atoms with Gasteiger partial charge in [0.2, 0.25) is 0 Å². The third-order valence-electron chi connectivity index (χ3n) is 5.35. The van der Waals surface area contributed by atoms with E-state index in [9.17, 15) is 9.90 Å². The minimum atomic E-state index is -0.572. The Hall–Kier alpha value is -1.31. The Bertz CT molecular complexity index is 442. The lowest BCUT2D eigenvalue weighted by molar-refractivity contribution is -0.152. The molecule has 2 rings (SSSR count). The van der Waals surface area contributed by atoms with Crippen molar-refractivity contribution in [3.05, 3.63) is 35.9 Å². The molecule has 21 heavy (non-hydrogen) atoms. The van der Waals surface area contributed by atoms with Gasteiger partial charge in [0.25, 0.3) is 0 Å². The first-order valence-electron chi connectivity index (χ1n) is 8.31. The number of rotatable bonds is 6. The maximum absolute atomic E-state index is 11.8. The zero-order valence-corrected chi connectivity index (χ0v) is 13.3. The minimum absolute atomic E-state index is 0.458. The largest absolute Gasteiger partial charge is 0.481 e. The fourth-order valence-electron chi connectivity index (χ4n) is 3.71. The van der Waals surface area contributed by atoms with Crippen molar-refractivity contribution in [3.8, 4) is 0 Å². The smallest absolute Gasteiger partial charge is 0.309 e. The summed E-state index contributed by atoms with van der Waals surface area (Å²) in [7, 11) is 0. The lowest BCUT2D eigenvalue weighted by Gasteiger charge is -2.38. The number of aliphatic carboxylic acids is 1. The number of aryl methyl sites for hydroxylation is 1. The van der Waals surface area contributed by atoms with Crippen LogP contribution in [0.2, 0.25) is 0 Å². The molecule has 1 N–H and O–H groups in total. The third-order valence-corrected chi connectivity index (χ3v) is 5.35. The van der Waals surface area contributed by atoms with Gasteiger partial charge in [0, 0.05) is 0 Å². The third kappa shape index (κ3) is 4.09. The van der Waals surface area contributed by atoms with Crippen molar-refractivity contribution in [2.75, 3.05) is 0 Å². The molecule has 0 atom stereocenters. The lowest BCUT2D eigenvalue weighted by Crippen LogP contribution is -2.36. The molecule has 0 unspecified atom stereocenters. The van der Waals surface area contributed by atoms with Crippen LogP contribution in [0.4, 0.5) is 0 Å². The quantitative estimate of drug-likeness (QED) is 0.806. The molecule has 0 spiro atoms. The van der Waals surface area contributed by atoms with Gasteiger partial charge < -0.3 is 5.11 Å². The van der Waals surface area contributed by atoms with E-state index in [-0.39, 0.29) is 0 Å². The molecule has 2 nitrogen and oxygen atoms in total. The number of carbonyl (C=O) groups is 1. The van der Waals surface area contributed by atoms with Gasteiger partial charge in [0.15, 0.2) is 0 Å². The first-order valence-corrected chi connectivity index (χ1v) is 8.31. The molecule has 0 aliphatic heterocycles. The predicted molar refractivity (Wildman–Crippen MR) is 86.2 cm³/mol. The molecule has 1 aromatic carbocycles. The van der Waals surface area contributed by atoms with Crippen LogP contribution in [0.25, 0.3) is 0 Å². The summed E-state index contributed by atoms with van der Waals surface area (Å²) in [6, 6.07) is 10.4. The van der Waals surface area contributed by atoms with Gasteiger partial charge >= 0.3 is 5.97 Å². The molecule has 0 aromatic heterocycles. The van der Waals surface area contributed by atoms with Gasteiger partial charge in [-0.3, -0.25) is 4.79 Å². The summed E-state index contributed by atoms with van der Waals surface area (Å²) >= 11 is 0. The summed E-state index contributed by atoms with van der Waals surface area (Å²) in [4.78, 5) is 11.8. The second-order valence-electron chi connectivity index (χ2n) is 7.01. The minimum Gasteiger partial charge on any atom is -0.481 e. The molecule has 1 aromatic rings. The van der Waals surface area contributed by atoms with E-state index in [1.807, 2.05) is 6.07 Å². The number of hydrogen-bond donors (Lipinski definition) is 1. The van der Waals surface area contributed by atoms with E-state index in [0.29, 0.717) is 11.8 Å². The molecule has 1 saturated carbocycles. The Morgan fingerprint density at radius 1 is 1.24 bits per heavy atom. The summed E-state index contributed by atoms with van der Waals surface area (Å²) in [5.74, 6) is 0.825. The van der Waals surface area contributed by atoms with Crippen molar-refractivity contribution in [1.82, 2.24) is 0 Å². The van der Waals surface area contributed by atoms with Crippen LogP contribution in [0.15, 0.2) is 30.3 Å². The average molecular weight is 288 g/mol. The highest BCUT2D eigenvalue weighted by Gasteiger charge is 2.41. The summed E-state index contributed by atoms with van der Waals surface area (Å²) in [5.41, 5.74) is 0.856. The maximum atomic E-state index is 11.8. The highest BCUT2D eigenvalue weighted by atomic mass is 16.4. The molecular formula is C19H28O2. The van der Waals surface area contributed by atoms with Crippen molar-refractivity contribution in [1.29, 1.82) is 0 Å². The first kappa shape index (κ1) is 16.1. The Morgan fingerprint density at radius 3 is 2.38 bits per heavy atom. The Kier molecular flexibility index (Phi) is 5.44. The van der Waals surface area contributed by atoms with Crippen LogP contribution in [-0.2, 0) is 11.2 Å². The normalized spacial score (nSPS) is 26.0. The fraction of sp³-hybridized carbons (Fsp3) is 0.632. The second-order valence-corrected chi connectivity index (χ2v) is 7.01. The molecule has 0 saturated heterocycles. The molecule has 1 fully saturated rings. The summed E-state index contributed by atoms with van der Waals surface area (Å²) in [5, 5.41) is 9.71. The number of hydrogen-bond acceptors (Lipinski definition) is 1. The van der Waals surface area contributed by atoms with Crippen LogP contribution < -0.4 is 0 Å². The number of carboxylic acids is 1. The number of benzene rings is 1. The molecular weight excluding hydrogens is 260 g/mol. The van der Waals surface area contributed by atoms with Crippen LogP contribution in [0.3, 0.4) is 0 Å². The average Bonchev–Trinajstić information content (AvgIpc) is 2.48. The predicted octanol–water partition coefficient (Wildman–Crippen LogP) is 4.93. The number of carboxylic acid groups (broad SMARTS) is 1. The van der Waals surface area contributed by atoms with Gasteiger partial charge in [-0.1, -0.05) is 44.2 Å². The Balaban J connectivity index is 1.89. The van der Waals surface area contributed by atoms with Crippen molar-refractivity contribution >= 4 is 5.97 Å². The first-order chi connectivity index (χ1) is 10.0. The Labute approximate surface area is 128 Å². The molecule has 116 valence electrons.